The van der Waals surface area contributed by atoms with Gasteiger partial charge in [-0.3, -0.25) is 4.57 Å². The Hall–Kier alpha value is -1.36. The van der Waals surface area contributed by atoms with Crippen molar-refractivity contribution in [2.75, 3.05) is 19.5 Å². The fourth-order valence-corrected chi connectivity index (χ4v) is 0.991. The van der Waals surface area contributed by atoms with E-state index < -0.39 is 0 Å². The minimum Gasteiger partial charge on any atom is -0.385 e. The molecule has 0 radical (unpaired) electrons. The molecule has 1 heterocycles. The number of aromatic nitrogens is 2. The van der Waals surface area contributed by atoms with Crippen molar-refractivity contribution in [1.82, 2.24) is 9.55 Å². The number of rotatable bonds is 4. The van der Waals surface area contributed by atoms with Crippen molar-refractivity contribution in [2.45, 2.75) is 13.0 Å². The van der Waals surface area contributed by atoms with Crippen LogP contribution in [0, 0.1) is 0 Å². The number of aryl methyl sites for hydroxylation is 1. The lowest BCUT2D eigenvalue weighted by molar-refractivity contribution is 0.190. The molecule has 1 aromatic rings. The molecule has 72 valence electrons. The van der Waals surface area contributed by atoms with E-state index in [0.29, 0.717) is 13.2 Å². The molecule has 0 saturated heterocycles. The first kappa shape index (κ1) is 9.73. The van der Waals surface area contributed by atoms with E-state index in [9.17, 15) is 4.79 Å². The van der Waals surface area contributed by atoms with Gasteiger partial charge in [-0.05, 0) is 12.5 Å². The minimum atomic E-state index is -0.309. The first-order chi connectivity index (χ1) is 6.24. The predicted octanol–water partition coefficient (Wildman–Crippen LogP) is -0.138. The predicted molar refractivity (Wildman–Crippen MR) is 49.4 cm³/mol. The van der Waals surface area contributed by atoms with Gasteiger partial charge < -0.3 is 10.5 Å². The van der Waals surface area contributed by atoms with E-state index in [-0.39, 0.29) is 11.5 Å². The molecule has 5 nitrogen and oxygen atoms in total. The van der Waals surface area contributed by atoms with Crippen LogP contribution in [-0.4, -0.2) is 23.3 Å². The van der Waals surface area contributed by atoms with Gasteiger partial charge in [-0.2, -0.15) is 4.98 Å². The molecular formula is C8H13N3O2. The Kier molecular flexibility index (Phi) is 3.45. The highest BCUT2D eigenvalue weighted by Crippen LogP contribution is 1.91. The Morgan fingerprint density at radius 3 is 3.08 bits per heavy atom. The summed E-state index contributed by atoms with van der Waals surface area (Å²) in [6.07, 6.45) is 2.43. The first-order valence-corrected chi connectivity index (χ1v) is 4.06. The molecule has 0 aliphatic rings. The largest absolute Gasteiger partial charge is 0.385 e. The van der Waals surface area contributed by atoms with Gasteiger partial charge in [0, 0.05) is 26.5 Å². The van der Waals surface area contributed by atoms with Crippen LogP contribution in [0.25, 0.3) is 0 Å². The van der Waals surface area contributed by atoms with Gasteiger partial charge in [-0.25, -0.2) is 4.79 Å². The second-order valence-electron chi connectivity index (χ2n) is 2.67. The van der Waals surface area contributed by atoms with Crippen LogP contribution in [0.4, 0.5) is 5.82 Å². The average molecular weight is 183 g/mol. The number of anilines is 1. The number of hydrogen-bond donors (Lipinski definition) is 1. The smallest absolute Gasteiger partial charge is 0.349 e. The van der Waals surface area contributed by atoms with Crippen LogP contribution in [0.15, 0.2) is 17.1 Å². The zero-order chi connectivity index (χ0) is 9.68. The van der Waals surface area contributed by atoms with Gasteiger partial charge in [-0.1, -0.05) is 0 Å². The third-order valence-electron chi connectivity index (χ3n) is 1.64. The number of hydrogen-bond acceptors (Lipinski definition) is 4. The fourth-order valence-electron chi connectivity index (χ4n) is 0.991. The summed E-state index contributed by atoms with van der Waals surface area (Å²) in [5.41, 5.74) is 5.02. The number of nitrogen functional groups attached to an aromatic ring is 1. The van der Waals surface area contributed by atoms with E-state index >= 15 is 0 Å². The summed E-state index contributed by atoms with van der Waals surface area (Å²) in [6, 6.07) is 1.61. The molecule has 0 saturated carbocycles. The van der Waals surface area contributed by atoms with Gasteiger partial charge in [0.1, 0.15) is 5.82 Å². The Balaban J connectivity index is 2.62. The molecule has 13 heavy (non-hydrogen) atoms. The van der Waals surface area contributed by atoms with Crippen molar-refractivity contribution >= 4 is 5.82 Å². The second kappa shape index (κ2) is 4.61. The zero-order valence-electron chi connectivity index (χ0n) is 7.56. The van der Waals surface area contributed by atoms with Gasteiger partial charge in [-0.15, -0.1) is 0 Å². The van der Waals surface area contributed by atoms with Crippen molar-refractivity contribution in [2.24, 2.45) is 0 Å². The van der Waals surface area contributed by atoms with Crippen molar-refractivity contribution in [3.63, 3.8) is 0 Å². The number of methoxy groups -OCH3 is 1. The molecule has 0 fully saturated rings. The van der Waals surface area contributed by atoms with Crippen LogP contribution in [0.2, 0.25) is 0 Å². The Labute approximate surface area is 76.2 Å². The van der Waals surface area contributed by atoms with Crippen LogP contribution in [-0.2, 0) is 11.3 Å². The molecule has 0 aliphatic carbocycles. The monoisotopic (exact) mass is 183 g/mol. The summed E-state index contributed by atoms with van der Waals surface area (Å²) < 4.78 is 6.38. The minimum absolute atomic E-state index is 0.257. The van der Waals surface area contributed by atoms with Gasteiger partial charge in [0.05, 0.1) is 0 Å². The maximum Gasteiger partial charge on any atom is 0.349 e. The Bertz CT molecular complexity index is 321. The lowest BCUT2D eigenvalue weighted by atomic mass is 10.4. The summed E-state index contributed by atoms with van der Waals surface area (Å²) in [6.45, 7) is 1.25. The molecule has 1 aromatic heterocycles. The first-order valence-electron chi connectivity index (χ1n) is 4.06. The van der Waals surface area contributed by atoms with E-state index in [0.717, 1.165) is 6.42 Å². The van der Waals surface area contributed by atoms with Crippen LogP contribution in [0.1, 0.15) is 6.42 Å². The summed E-state index contributed by atoms with van der Waals surface area (Å²) >= 11 is 0. The Morgan fingerprint density at radius 2 is 2.46 bits per heavy atom. The topological polar surface area (TPSA) is 70.1 Å². The van der Waals surface area contributed by atoms with Gasteiger partial charge >= 0.3 is 5.69 Å². The van der Waals surface area contributed by atoms with Crippen LogP contribution in [0.5, 0.6) is 0 Å². The zero-order valence-corrected chi connectivity index (χ0v) is 7.56. The SMILES string of the molecule is COCCCn1ccc(N)nc1=O. The number of nitrogens with two attached hydrogens (primary N) is 1. The van der Waals surface area contributed by atoms with Crippen molar-refractivity contribution in [1.29, 1.82) is 0 Å². The molecule has 0 atom stereocenters. The van der Waals surface area contributed by atoms with E-state index in [4.69, 9.17) is 10.5 Å². The van der Waals surface area contributed by atoms with Gasteiger partial charge in [0.15, 0.2) is 0 Å². The number of ether oxygens (including phenoxy) is 1. The molecule has 5 heteroatoms. The fraction of sp³-hybridized carbons (Fsp3) is 0.500. The van der Waals surface area contributed by atoms with E-state index in [1.165, 1.54) is 4.57 Å². The van der Waals surface area contributed by atoms with Crippen molar-refractivity contribution in [3.8, 4) is 0 Å². The quantitative estimate of drug-likeness (QED) is 0.660. The highest BCUT2D eigenvalue weighted by molar-refractivity contribution is 5.23. The van der Waals surface area contributed by atoms with Gasteiger partial charge in [0.25, 0.3) is 0 Å². The maximum absolute atomic E-state index is 11.2. The second-order valence-corrected chi connectivity index (χ2v) is 2.67. The molecule has 0 amide bonds. The summed E-state index contributed by atoms with van der Waals surface area (Å²) in [4.78, 5) is 14.8. The molecule has 0 aliphatic heterocycles. The molecule has 2 N–H and O–H groups in total. The summed E-state index contributed by atoms with van der Waals surface area (Å²) in [5.74, 6) is 0.257. The molecule has 0 bridgehead atoms. The third-order valence-corrected chi connectivity index (χ3v) is 1.64. The third kappa shape index (κ3) is 2.87. The summed E-state index contributed by atoms with van der Waals surface area (Å²) in [7, 11) is 1.63. The van der Waals surface area contributed by atoms with Crippen molar-refractivity contribution < 1.29 is 4.74 Å². The Morgan fingerprint density at radius 1 is 1.69 bits per heavy atom. The maximum atomic E-state index is 11.2. The van der Waals surface area contributed by atoms with E-state index in [2.05, 4.69) is 4.98 Å². The van der Waals surface area contributed by atoms with E-state index in [1.54, 1.807) is 19.4 Å². The van der Waals surface area contributed by atoms with Gasteiger partial charge in [0.2, 0.25) is 0 Å². The van der Waals surface area contributed by atoms with Crippen LogP contribution in [0.3, 0.4) is 0 Å². The standard InChI is InChI=1S/C8H13N3O2/c1-13-6-2-4-11-5-3-7(9)10-8(11)12/h3,5H,2,4,6H2,1H3,(H2,9,10,12). The molecule has 1 rings (SSSR count). The average Bonchev–Trinajstić information content (AvgIpc) is 2.09. The molecule has 0 unspecified atom stereocenters. The molecular weight excluding hydrogens is 170 g/mol. The molecule has 0 aromatic carbocycles. The van der Waals surface area contributed by atoms with Crippen LogP contribution >= 0.6 is 0 Å². The summed E-state index contributed by atoms with van der Waals surface area (Å²) in [5, 5.41) is 0. The lowest BCUT2D eigenvalue weighted by Gasteiger charge is -2.03. The normalized spacial score (nSPS) is 10.2. The van der Waals surface area contributed by atoms with Crippen molar-refractivity contribution in [3.05, 3.63) is 22.7 Å². The van der Waals surface area contributed by atoms with E-state index in [1.807, 2.05) is 0 Å². The lowest BCUT2D eigenvalue weighted by Crippen LogP contribution is -2.23. The highest BCUT2D eigenvalue weighted by atomic mass is 16.5. The molecule has 0 spiro atoms. The highest BCUT2D eigenvalue weighted by Gasteiger charge is 1.96. The van der Waals surface area contributed by atoms with Crippen LogP contribution < -0.4 is 11.4 Å². The number of nitrogens with zero attached hydrogens (tertiary/aromatic N) is 2.